The number of H-pyrrole nitrogens is 1. The number of aromatic amines is 1. The zero-order valence-electron chi connectivity index (χ0n) is 10.3. The first-order chi connectivity index (χ1) is 9.16. The van der Waals surface area contributed by atoms with Gasteiger partial charge in [0, 0.05) is 6.20 Å². The molecule has 2 aromatic heterocycles. The molecule has 1 atom stereocenters. The third-order valence-corrected chi connectivity index (χ3v) is 3.56. The molecule has 0 saturated heterocycles. The Morgan fingerprint density at radius 3 is 2.74 bits per heavy atom. The van der Waals surface area contributed by atoms with Crippen LogP contribution < -0.4 is 0 Å². The Balaban J connectivity index is 2.16. The predicted octanol–water partition coefficient (Wildman–Crippen LogP) is 3.84. The molecule has 0 fully saturated rings. The van der Waals surface area contributed by atoms with Crippen molar-refractivity contribution in [3.8, 4) is 0 Å². The summed E-state index contributed by atoms with van der Waals surface area (Å²) in [6, 6.07) is 8.44. The molecule has 0 bridgehead atoms. The zero-order chi connectivity index (χ0) is 13.4. The van der Waals surface area contributed by atoms with E-state index in [2.05, 4.69) is 9.97 Å². The molecular weight excluding hydrogens is 261 g/mol. The summed E-state index contributed by atoms with van der Waals surface area (Å²) in [5.41, 5.74) is 2.91. The van der Waals surface area contributed by atoms with Crippen molar-refractivity contribution in [2.45, 2.75) is 13.0 Å². The molecule has 19 heavy (non-hydrogen) atoms. The molecule has 0 aliphatic heterocycles. The largest absolute Gasteiger partial charge is 0.329 e. The van der Waals surface area contributed by atoms with Crippen molar-refractivity contribution in [2.75, 3.05) is 0 Å². The first-order valence-electron chi connectivity index (χ1n) is 5.96. The van der Waals surface area contributed by atoms with Crippen LogP contribution in [0.2, 0.25) is 0 Å². The molecule has 3 aromatic rings. The van der Waals surface area contributed by atoms with Crippen LogP contribution in [-0.2, 0) is 0 Å². The fourth-order valence-corrected chi connectivity index (χ4v) is 2.62. The van der Waals surface area contributed by atoms with Gasteiger partial charge in [-0.15, -0.1) is 0 Å². The predicted molar refractivity (Wildman–Crippen MR) is 75.1 cm³/mol. The summed E-state index contributed by atoms with van der Waals surface area (Å²) in [4.78, 5) is 7.20. The summed E-state index contributed by atoms with van der Waals surface area (Å²) >= 11 is 5.36. The van der Waals surface area contributed by atoms with Crippen LogP contribution in [0.25, 0.3) is 11.0 Å². The topological polar surface area (TPSA) is 33.6 Å². The zero-order valence-corrected chi connectivity index (χ0v) is 11.1. The van der Waals surface area contributed by atoms with Gasteiger partial charge < -0.3 is 9.55 Å². The fraction of sp³-hybridized carbons (Fsp3) is 0.143. The summed E-state index contributed by atoms with van der Waals surface area (Å²) in [7, 11) is 0. The number of rotatable bonds is 2. The van der Waals surface area contributed by atoms with Crippen LogP contribution in [0.4, 0.5) is 4.39 Å². The van der Waals surface area contributed by atoms with Gasteiger partial charge in [-0.3, -0.25) is 4.98 Å². The Labute approximate surface area is 114 Å². The van der Waals surface area contributed by atoms with Gasteiger partial charge in [0.05, 0.1) is 23.3 Å². The van der Waals surface area contributed by atoms with Gasteiger partial charge in [-0.25, -0.2) is 4.39 Å². The second kappa shape index (κ2) is 4.59. The molecule has 0 aliphatic carbocycles. The lowest BCUT2D eigenvalue weighted by atomic mass is 10.1. The molecule has 0 saturated carbocycles. The Kier molecular flexibility index (Phi) is 2.91. The van der Waals surface area contributed by atoms with Crippen LogP contribution in [0, 0.1) is 10.6 Å². The molecule has 2 heterocycles. The fourth-order valence-electron chi connectivity index (χ4n) is 2.25. The third-order valence-electron chi connectivity index (χ3n) is 3.26. The van der Waals surface area contributed by atoms with Gasteiger partial charge in [0.25, 0.3) is 0 Å². The highest BCUT2D eigenvalue weighted by Crippen LogP contribution is 2.23. The summed E-state index contributed by atoms with van der Waals surface area (Å²) in [6.45, 7) is 2.04. The lowest BCUT2D eigenvalue weighted by Gasteiger charge is -2.15. The quantitative estimate of drug-likeness (QED) is 0.720. The molecule has 3 rings (SSSR count). The molecule has 5 heteroatoms. The monoisotopic (exact) mass is 273 g/mol. The minimum absolute atomic E-state index is 0.0317. The normalized spacial score (nSPS) is 12.7. The van der Waals surface area contributed by atoms with Crippen molar-refractivity contribution >= 4 is 23.3 Å². The van der Waals surface area contributed by atoms with E-state index < -0.39 is 0 Å². The summed E-state index contributed by atoms with van der Waals surface area (Å²) < 4.78 is 15.6. The molecular formula is C14H12FN3S. The van der Waals surface area contributed by atoms with E-state index in [1.165, 1.54) is 12.1 Å². The lowest BCUT2D eigenvalue weighted by Crippen LogP contribution is -2.06. The van der Waals surface area contributed by atoms with Crippen molar-refractivity contribution in [1.29, 1.82) is 0 Å². The summed E-state index contributed by atoms with van der Waals surface area (Å²) in [5.74, 6) is -0.234. The average molecular weight is 273 g/mol. The number of pyridine rings is 1. The molecule has 1 N–H and O–H groups in total. The van der Waals surface area contributed by atoms with Crippen LogP contribution in [0.3, 0.4) is 0 Å². The van der Waals surface area contributed by atoms with Crippen molar-refractivity contribution in [1.82, 2.24) is 14.5 Å². The number of hydrogen-bond donors (Lipinski definition) is 1. The number of fused-ring (bicyclic) bond motifs is 1. The van der Waals surface area contributed by atoms with E-state index >= 15 is 0 Å². The smallest absolute Gasteiger partial charge is 0.178 e. The van der Waals surface area contributed by atoms with E-state index in [1.54, 1.807) is 24.5 Å². The van der Waals surface area contributed by atoms with E-state index in [0.29, 0.717) is 4.77 Å². The van der Waals surface area contributed by atoms with Crippen LogP contribution in [0.5, 0.6) is 0 Å². The highest BCUT2D eigenvalue weighted by atomic mass is 32.1. The number of nitrogens with zero attached hydrogens (tertiary/aromatic N) is 2. The Hall–Kier alpha value is -2.01. The molecule has 0 spiro atoms. The van der Waals surface area contributed by atoms with E-state index in [4.69, 9.17) is 12.2 Å². The van der Waals surface area contributed by atoms with Gasteiger partial charge in [0.2, 0.25) is 0 Å². The van der Waals surface area contributed by atoms with Gasteiger partial charge >= 0.3 is 0 Å². The number of hydrogen-bond acceptors (Lipinski definition) is 2. The standard InChI is InChI=1S/C14H12FN3S/c1-9(10-2-4-11(15)5-3-10)18-13-6-7-16-8-12(13)17-14(18)19/h2-9H,1H3,(H,17,19). The lowest BCUT2D eigenvalue weighted by molar-refractivity contribution is 0.618. The number of imidazole rings is 1. The molecule has 96 valence electrons. The Morgan fingerprint density at radius 1 is 1.26 bits per heavy atom. The second-order valence-electron chi connectivity index (χ2n) is 4.42. The number of benzene rings is 1. The summed E-state index contributed by atoms with van der Waals surface area (Å²) in [5, 5.41) is 0. The highest BCUT2D eigenvalue weighted by molar-refractivity contribution is 7.71. The van der Waals surface area contributed by atoms with Crippen LogP contribution in [0.1, 0.15) is 18.5 Å². The minimum Gasteiger partial charge on any atom is -0.329 e. The average Bonchev–Trinajstić information content (AvgIpc) is 2.74. The van der Waals surface area contributed by atoms with Crippen molar-refractivity contribution in [3.63, 3.8) is 0 Å². The maximum absolute atomic E-state index is 13.0. The number of aromatic nitrogens is 3. The van der Waals surface area contributed by atoms with Gasteiger partial charge in [0.1, 0.15) is 5.82 Å². The van der Waals surface area contributed by atoms with Crippen molar-refractivity contribution in [3.05, 3.63) is 58.9 Å². The van der Waals surface area contributed by atoms with E-state index in [1.807, 2.05) is 17.6 Å². The maximum atomic E-state index is 13.0. The van der Waals surface area contributed by atoms with Crippen LogP contribution in [-0.4, -0.2) is 14.5 Å². The van der Waals surface area contributed by atoms with Gasteiger partial charge in [0.15, 0.2) is 4.77 Å². The van der Waals surface area contributed by atoms with E-state index in [0.717, 1.165) is 16.6 Å². The SMILES string of the molecule is CC(c1ccc(F)cc1)n1c(=S)[nH]c2cnccc21. The molecule has 0 aliphatic rings. The third kappa shape index (κ3) is 2.06. The Bertz CT molecular complexity index is 773. The molecule has 3 nitrogen and oxygen atoms in total. The Morgan fingerprint density at radius 2 is 2.00 bits per heavy atom. The molecule has 1 unspecified atom stereocenters. The molecule has 0 radical (unpaired) electrons. The first-order valence-corrected chi connectivity index (χ1v) is 6.37. The molecule has 1 aromatic carbocycles. The highest BCUT2D eigenvalue weighted by Gasteiger charge is 2.12. The van der Waals surface area contributed by atoms with Gasteiger partial charge in [-0.05, 0) is 42.9 Å². The van der Waals surface area contributed by atoms with Crippen molar-refractivity contribution in [2.24, 2.45) is 0 Å². The molecule has 0 amide bonds. The van der Waals surface area contributed by atoms with Crippen LogP contribution in [0.15, 0.2) is 42.7 Å². The maximum Gasteiger partial charge on any atom is 0.178 e. The van der Waals surface area contributed by atoms with E-state index in [-0.39, 0.29) is 11.9 Å². The van der Waals surface area contributed by atoms with Crippen LogP contribution >= 0.6 is 12.2 Å². The van der Waals surface area contributed by atoms with E-state index in [9.17, 15) is 4.39 Å². The van der Waals surface area contributed by atoms with Gasteiger partial charge in [-0.1, -0.05) is 12.1 Å². The first kappa shape index (κ1) is 12.0. The van der Waals surface area contributed by atoms with Gasteiger partial charge in [-0.2, -0.15) is 0 Å². The number of halogens is 1. The minimum atomic E-state index is -0.234. The summed E-state index contributed by atoms with van der Waals surface area (Å²) in [6.07, 6.45) is 3.48. The van der Waals surface area contributed by atoms with Crippen molar-refractivity contribution < 1.29 is 4.39 Å². The number of nitrogens with one attached hydrogen (secondary N) is 1. The second-order valence-corrected chi connectivity index (χ2v) is 4.81.